The smallest absolute Gasteiger partial charge is 0.226 e. The second-order valence-electron chi connectivity index (χ2n) is 7.50. The Bertz CT molecular complexity index is 606. The summed E-state index contributed by atoms with van der Waals surface area (Å²) in [7, 11) is 0. The Morgan fingerprint density at radius 3 is 2.58 bits per heavy atom. The lowest BCUT2D eigenvalue weighted by Gasteiger charge is -2.27. The number of hydrogen-bond acceptors (Lipinski definition) is 2. The zero-order valence-corrected chi connectivity index (χ0v) is 14.9. The molecular formula is C20H26ClNO2. The van der Waals surface area contributed by atoms with Gasteiger partial charge in [0.15, 0.2) is 0 Å². The van der Waals surface area contributed by atoms with Crippen molar-refractivity contribution >= 4 is 17.5 Å². The van der Waals surface area contributed by atoms with Gasteiger partial charge >= 0.3 is 0 Å². The van der Waals surface area contributed by atoms with Crippen LogP contribution in [0, 0.1) is 5.92 Å². The van der Waals surface area contributed by atoms with Crippen LogP contribution >= 0.6 is 11.6 Å². The molecule has 1 saturated heterocycles. The molecule has 2 saturated carbocycles. The zero-order chi connectivity index (χ0) is 16.5. The van der Waals surface area contributed by atoms with Crippen LogP contribution in [0.15, 0.2) is 18.2 Å². The van der Waals surface area contributed by atoms with Gasteiger partial charge in [-0.25, -0.2) is 0 Å². The third kappa shape index (κ3) is 3.34. The maximum absolute atomic E-state index is 12.6. The molecule has 3 fully saturated rings. The van der Waals surface area contributed by atoms with Crippen LogP contribution in [0.3, 0.4) is 0 Å². The van der Waals surface area contributed by atoms with Crippen LogP contribution in [0.5, 0.6) is 0 Å². The van der Waals surface area contributed by atoms with Gasteiger partial charge in [-0.1, -0.05) is 43.0 Å². The Morgan fingerprint density at radius 2 is 1.88 bits per heavy atom. The van der Waals surface area contributed by atoms with Gasteiger partial charge in [0.05, 0.1) is 13.2 Å². The minimum Gasteiger partial charge on any atom is -0.378 e. The fourth-order valence-electron chi connectivity index (χ4n) is 4.37. The lowest BCUT2D eigenvalue weighted by Crippen LogP contribution is -2.41. The molecule has 0 radical (unpaired) electrons. The molecule has 4 heteroatoms. The molecule has 1 aliphatic heterocycles. The molecule has 0 N–H and O–H groups in total. The van der Waals surface area contributed by atoms with Gasteiger partial charge < -0.3 is 9.64 Å². The van der Waals surface area contributed by atoms with E-state index in [-0.39, 0.29) is 5.92 Å². The Hall–Kier alpha value is -1.06. The topological polar surface area (TPSA) is 29.5 Å². The molecule has 2 atom stereocenters. The quantitative estimate of drug-likeness (QED) is 0.813. The highest BCUT2D eigenvalue weighted by atomic mass is 35.5. The lowest BCUT2D eigenvalue weighted by molar-refractivity contribution is -0.136. The van der Waals surface area contributed by atoms with Crippen molar-refractivity contribution in [3.05, 3.63) is 34.3 Å². The summed E-state index contributed by atoms with van der Waals surface area (Å²) in [4.78, 5) is 14.5. The molecule has 0 spiro atoms. The van der Waals surface area contributed by atoms with Crippen LogP contribution in [0.2, 0.25) is 5.02 Å². The summed E-state index contributed by atoms with van der Waals surface area (Å²) in [5.41, 5.74) is 2.56. The van der Waals surface area contributed by atoms with Crippen molar-refractivity contribution in [2.75, 3.05) is 26.3 Å². The van der Waals surface area contributed by atoms with Crippen molar-refractivity contribution in [3.63, 3.8) is 0 Å². The molecule has 3 nitrogen and oxygen atoms in total. The number of carbonyl (C=O) groups excluding carboxylic acids is 1. The van der Waals surface area contributed by atoms with E-state index in [4.69, 9.17) is 16.3 Å². The molecule has 130 valence electrons. The number of ether oxygens (including phenoxy) is 1. The van der Waals surface area contributed by atoms with Gasteiger partial charge in [0, 0.05) is 24.0 Å². The number of morpholine rings is 1. The molecule has 1 aromatic rings. The van der Waals surface area contributed by atoms with E-state index in [9.17, 15) is 4.79 Å². The van der Waals surface area contributed by atoms with Gasteiger partial charge in [-0.3, -0.25) is 4.79 Å². The van der Waals surface area contributed by atoms with E-state index in [1.54, 1.807) is 0 Å². The van der Waals surface area contributed by atoms with E-state index in [0.29, 0.717) is 31.0 Å². The maximum Gasteiger partial charge on any atom is 0.226 e. The molecule has 0 bridgehead atoms. The van der Waals surface area contributed by atoms with E-state index in [2.05, 4.69) is 18.2 Å². The average Bonchev–Trinajstić information content (AvgIpc) is 3.43. The van der Waals surface area contributed by atoms with Crippen molar-refractivity contribution in [3.8, 4) is 0 Å². The third-order valence-electron chi connectivity index (χ3n) is 5.93. The van der Waals surface area contributed by atoms with Crippen LogP contribution in [0.25, 0.3) is 0 Å². The Balaban J connectivity index is 1.42. The molecule has 24 heavy (non-hydrogen) atoms. The summed E-state index contributed by atoms with van der Waals surface area (Å²) in [5.74, 6) is 1.44. The normalized spacial score (nSPS) is 28.0. The fourth-order valence-corrected chi connectivity index (χ4v) is 4.72. The molecule has 3 aliphatic rings. The number of benzene rings is 1. The van der Waals surface area contributed by atoms with Crippen molar-refractivity contribution in [2.45, 2.75) is 50.4 Å². The highest BCUT2D eigenvalue weighted by molar-refractivity contribution is 6.31. The van der Waals surface area contributed by atoms with E-state index < -0.39 is 0 Å². The number of amides is 1. The number of nitrogens with zero attached hydrogens (tertiary/aromatic N) is 1. The highest BCUT2D eigenvalue weighted by Gasteiger charge is 2.46. The molecule has 2 unspecified atom stereocenters. The monoisotopic (exact) mass is 347 g/mol. The average molecular weight is 348 g/mol. The van der Waals surface area contributed by atoms with Crippen molar-refractivity contribution in [2.24, 2.45) is 5.92 Å². The second-order valence-corrected chi connectivity index (χ2v) is 7.91. The summed E-state index contributed by atoms with van der Waals surface area (Å²) in [6, 6.07) is 6.57. The Labute approximate surface area is 149 Å². The first-order chi connectivity index (χ1) is 11.7. The molecule has 2 aliphatic carbocycles. The van der Waals surface area contributed by atoms with E-state index in [0.717, 1.165) is 24.5 Å². The summed E-state index contributed by atoms with van der Waals surface area (Å²) >= 11 is 6.60. The van der Waals surface area contributed by atoms with Gasteiger partial charge in [0.2, 0.25) is 5.91 Å². The first kappa shape index (κ1) is 16.4. The molecule has 1 heterocycles. The summed E-state index contributed by atoms with van der Waals surface area (Å²) in [6.07, 6.45) is 7.50. The van der Waals surface area contributed by atoms with Gasteiger partial charge in [-0.2, -0.15) is 0 Å². The third-order valence-corrected chi connectivity index (χ3v) is 6.26. The summed E-state index contributed by atoms with van der Waals surface area (Å²) < 4.78 is 5.34. The van der Waals surface area contributed by atoms with Gasteiger partial charge in [0.1, 0.15) is 0 Å². The highest BCUT2D eigenvalue weighted by Crippen LogP contribution is 2.49. The van der Waals surface area contributed by atoms with Crippen LogP contribution in [0.4, 0.5) is 0 Å². The van der Waals surface area contributed by atoms with Crippen molar-refractivity contribution in [1.29, 1.82) is 0 Å². The lowest BCUT2D eigenvalue weighted by atomic mass is 9.83. The fraction of sp³-hybridized carbons (Fsp3) is 0.650. The van der Waals surface area contributed by atoms with E-state index in [1.165, 1.54) is 43.2 Å². The number of rotatable bonds is 3. The Kier molecular flexibility index (Phi) is 4.82. The van der Waals surface area contributed by atoms with Gasteiger partial charge in [-0.15, -0.1) is 0 Å². The van der Waals surface area contributed by atoms with Gasteiger partial charge in [-0.05, 0) is 48.3 Å². The zero-order valence-electron chi connectivity index (χ0n) is 14.2. The SMILES string of the molecule is O=C(C1CC1c1ccc(C2CCCCC2)c(Cl)c1)N1CCOCC1. The predicted molar refractivity (Wildman–Crippen MR) is 95.5 cm³/mol. The minimum absolute atomic E-state index is 0.152. The number of halogens is 1. The second kappa shape index (κ2) is 7.05. The molecular weight excluding hydrogens is 322 g/mol. The molecule has 0 aromatic heterocycles. The van der Waals surface area contributed by atoms with E-state index >= 15 is 0 Å². The Morgan fingerprint density at radius 1 is 1.12 bits per heavy atom. The van der Waals surface area contributed by atoms with Crippen LogP contribution in [-0.4, -0.2) is 37.1 Å². The largest absolute Gasteiger partial charge is 0.378 e. The summed E-state index contributed by atoms with van der Waals surface area (Å²) in [6.45, 7) is 2.82. The van der Waals surface area contributed by atoms with Crippen LogP contribution in [-0.2, 0) is 9.53 Å². The van der Waals surface area contributed by atoms with E-state index in [1.807, 2.05) is 4.90 Å². The maximum atomic E-state index is 12.6. The summed E-state index contributed by atoms with van der Waals surface area (Å²) in [5, 5.41) is 0.906. The molecule has 1 aromatic carbocycles. The first-order valence-corrected chi connectivity index (χ1v) is 9.77. The van der Waals surface area contributed by atoms with Crippen molar-refractivity contribution < 1.29 is 9.53 Å². The van der Waals surface area contributed by atoms with Crippen molar-refractivity contribution in [1.82, 2.24) is 4.90 Å². The standard InChI is InChI=1S/C20H26ClNO2/c21-19-12-15(6-7-16(19)14-4-2-1-3-5-14)17-13-18(17)20(23)22-8-10-24-11-9-22/h6-7,12,14,17-18H,1-5,8-11,13H2. The van der Waals surface area contributed by atoms with Gasteiger partial charge in [0.25, 0.3) is 0 Å². The number of hydrogen-bond donors (Lipinski definition) is 0. The number of carbonyl (C=O) groups is 1. The molecule has 4 rings (SSSR count). The van der Waals surface area contributed by atoms with Crippen LogP contribution in [0.1, 0.15) is 61.5 Å². The molecule has 1 amide bonds. The minimum atomic E-state index is 0.152. The first-order valence-electron chi connectivity index (χ1n) is 9.40. The van der Waals surface area contributed by atoms with Crippen LogP contribution < -0.4 is 0 Å². The predicted octanol–water partition coefficient (Wildman–Crippen LogP) is 4.35.